The monoisotopic (exact) mass is 524 g/mol. The van der Waals surface area contributed by atoms with Crippen LogP contribution in [0.3, 0.4) is 0 Å². The summed E-state index contributed by atoms with van der Waals surface area (Å²) in [7, 11) is 1.56. The predicted octanol–water partition coefficient (Wildman–Crippen LogP) is 6.82. The number of halogens is 2. The van der Waals surface area contributed by atoms with Gasteiger partial charge in [0.1, 0.15) is 28.3 Å². The minimum Gasteiger partial charge on any atom is -0.494 e. The van der Waals surface area contributed by atoms with Gasteiger partial charge in [0.2, 0.25) is 0 Å². The summed E-state index contributed by atoms with van der Waals surface area (Å²) in [5, 5.41) is 5.57. The Bertz CT molecular complexity index is 1530. The molecule has 3 aromatic heterocycles. The molecule has 0 unspecified atom stereocenters. The van der Waals surface area contributed by atoms with Gasteiger partial charge in [0.25, 0.3) is 5.91 Å². The molecule has 3 heterocycles. The standard InChI is InChI=1S/C25H18Cl2N4O3S/c1-14-20(21(30-34-14)16-8-3-4-9-17(16)26)24(32)31(13-15-7-5-6-12-28-15)25-29-22-19(33-2)11-10-18(27)23(22)35-25/h3-12H,13H2,1-2H3. The van der Waals surface area contributed by atoms with Crippen LogP contribution in [0.5, 0.6) is 5.75 Å². The Labute approximate surface area is 214 Å². The summed E-state index contributed by atoms with van der Waals surface area (Å²) in [6.07, 6.45) is 1.68. The largest absolute Gasteiger partial charge is 0.494 e. The number of aryl methyl sites for hydroxylation is 1. The first-order valence-electron chi connectivity index (χ1n) is 10.5. The number of amides is 1. The maximum atomic E-state index is 14.1. The summed E-state index contributed by atoms with van der Waals surface area (Å²) >= 11 is 14.2. The number of thiazole rings is 1. The fourth-order valence-electron chi connectivity index (χ4n) is 3.70. The normalized spacial score (nSPS) is 11.1. The lowest BCUT2D eigenvalue weighted by Gasteiger charge is -2.19. The van der Waals surface area contributed by atoms with Crippen LogP contribution in [-0.2, 0) is 6.54 Å². The van der Waals surface area contributed by atoms with Crippen LogP contribution in [0.15, 0.2) is 65.3 Å². The van der Waals surface area contributed by atoms with E-state index in [2.05, 4.69) is 10.1 Å². The summed E-state index contributed by atoms with van der Waals surface area (Å²) in [5.74, 6) is 0.584. The van der Waals surface area contributed by atoms with E-state index >= 15 is 0 Å². The maximum Gasteiger partial charge on any atom is 0.266 e. The number of anilines is 1. The van der Waals surface area contributed by atoms with Crippen LogP contribution in [0.25, 0.3) is 21.5 Å². The topological polar surface area (TPSA) is 81.4 Å². The van der Waals surface area contributed by atoms with Crippen molar-refractivity contribution in [2.75, 3.05) is 12.0 Å². The van der Waals surface area contributed by atoms with Crippen LogP contribution in [-0.4, -0.2) is 28.1 Å². The Morgan fingerprint density at radius 3 is 2.63 bits per heavy atom. The third-order valence-electron chi connectivity index (χ3n) is 5.40. The van der Waals surface area contributed by atoms with Gasteiger partial charge in [-0.25, -0.2) is 4.98 Å². The van der Waals surface area contributed by atoms with Crippen LogP contribution in [0.2, 0.25) is 10.0 Å². The average molecular weight is 525 g/mol. The number of methoxy groups -OCH3 is 1. The van der Waals surface area contributed by atoms with Gasteiger partial charge >= 0.3 is 0 Å². The number of hydrogen-bond acceptors (Lipinski definition) is 7. The molecule has 7 nitrogen and oxygen atoms in total. The van der Waals surface area contributed by atoms with Gasteiger partial charge in [-0.15, -0.1) is 0 Å². The number of ether oxygens (including phenoxy) is 1. The number of benzene rings is 2. The Morgan fingerprint density at radius 2 is 1.89 bits per heavy atom. The Hall–Kier alpha value is -3.46. The highest BCUT2D eigenvalue weighted by molar-refractivity contribution is 7.23. The predicted molar refractivity (Wildman–Crippen MR) is 138 cm³/mol. The molecule has 0 spiro atoms. The molecular formula is C25H18Cl2N4O3S. The zero-order valence-electron chi connectivity index (χ0n) is 18.7. The van der Waals surface area contributed by atoms with E-state index in [1.54, 1.807) is 49.4 Å². The second kappa shape index (κ2) is 9.65. The molecule has 0 saturated heterocycles. The molecule has 0 radical (unpaired) electrons. The first-order chi connectivity index (χ1) is 17.0. The fraction of sp³-hybridized carbons (Fsp3) is 0.120. The van der Waals surface area contributed by atoms with Gasteiger partial charge in [0.15, 0.2) is 5.13 Å². The molecule has 5 rings (SSSR count). The Kier molecular flexibility index (Phi) is 6.42. The highest BCUT2D eigenvalue weighted by atomic mass is 35.5. The molecule has 0 bridgehead atoms. The first-order valence-corrected chi connectivity index (χ1v) is 12.1. The van der Waals surface area contributed by atoms with Gasteiger partial charge in [0, 0.05) is 11.8 Å². The minimum atomic E-state index is -0.349. The summed E-state index contributed by atoms with van der Waals surface area (Å²) < 4.78 is 11.6. The van der Waals surface area contributed by atoms with Gasteiger partial charge in [-0.3, -0.25) is 14.7 Å². The molecule has 0 atom stereocenters. The van der Waals surface area contributed by atoms with Crippen molar-refractivity contribution >= 4 is 55.8 Å². The lowest BCUT2D eigenvalue weighted by molar-refractivity contribution is 0.0984. The van der Waals surface area contributed by atoms with Gasteiger partial charge in [-0.05, 0) is 37.3 Å². The van der Waals surface area contributed by atoms with Gasteiger partial charge in [-0.1, -0.05) is 64.0 Å². The van der Waals surface area contributed by atoms with Crippen molar-refractivity contribution in [1.82, 2.24) is 15.1 Å². The first kappa shape index (κ1) is 23.3. The molecule has 0 aliphatic rings. The molecule has 5 aromatic rings. The lowest BCUT2D eigenvalue weighted by Crippen LogP contribution is -2.31. The van der Waals surface area contributed by atoms with Crippen LogP contribution in [0.1, 0.15) is 21.8 Å². The van der Waals surface area contributed by atoms with Gasteiger partial charge in [0.05, 0.1) is 34.1 Å². The molecule has 0 aliphatic heterocycles. The van der Waals surface area contributed by atoms with Crippen LogP contribution < -0.4 is 9.64 Å². The number of fused-ring (bicyclic) bond motifs is 1. The van der Waals surface area contributed by atoms with E-state index in [1.807, 2.05) is 30.3 Å². The molecule has 10 heteroatoms. The SMILES string of the molecule is COc1ccc(Cl)c2sc(N(Cc3ccccn3)C(=O)c3c(-c4ccccc4Cl)noc3C)nc12. The van der Waals surface area contributed by atoms with Crippen LogP contribution in [0.4, 0.5) is 5.13 Å². The van der Waals surface area contributed by atoms with Gasteiger partial charge < -0.3 is 9.26 Å². The van der Waals surface area contributed by atoms with Crippen molar-refractivity contribution in [3.8, 4) is 17.0 Å². The zero-order valence-corrected chi connectivity index (χ0v) is 21.0. The van der Waals surface area contributed by atoms with Crippen molar-refractivity contribution in [3.05, 3.63) is 87.9 Å². The lowest BCUT2D eigenvalue weighted by atomic mass is 10.0. The van der Waals surface area contributed by atoms with Crippen LogP contribution >= 0.6 is 34.5 Å². The Morgan fingerprint density at radius 1 is 1.09 bits per heavy atom. The average Bonchev–Trinajstić information content (AvgIpc) is 3.48. The summed E-state index contributed by atoms with van der Waals surface area (Å²) in [6.45, 7) is 1.86. The van der Waals surface area contributed by atoms with E-state index in [1.165, 1.54) is 11.3 Å². The summed E-state index contributed by atoms with van der Waals surface area (Å²) in [6, 6.07) is 16.2. The van der Waals surface area contributed by atoms with Crippen LogP contribution in [0, 0.1) is 6.92 Å². The number of rotatable bonds is 6. The fourth-order valence-corrected chi connectivity index (χ4v) is 5.18. The molecule has 2 aromatic carbocycles. The van der Waals surface area contributed by atoms with Gasteiger partial charge in [-0.2, -0.15) is 0 Å². The number of carbonyl (C=O) groups excluding carboxylic acids is 1. The van der Waals surface area contributed by atoms with Crippen molar-refractivity contribution in [3.63, 3.8) is 0 Å². The van der Waals surface area contributed by atoms with E-state index in [4.69, 9.17) is 37.4 Å². The molecule has 1 amide bonds. The van der Waals surface area contributed by atoms with Crippen molar-refractivity contribution in [2.45, 2.75) is 13.5 Å². The highest BCUT2D eigenvalue weighted by Gasteiger charge is 2.30. The molecular weight excluding hydrogens is 507 g/mol. The number of nitrogens with zero attached hydrogens (tertiary/aromatic N) is 4. The van der Waals surface area contributed by atoms with Crippen molar-refractivity contribution in [2.24, 2.45) is 0 Å². The van der Waals surface area contributed by atoms with E-state index in [0.29, 0.717) is 59.4 Å². The highest BCUT2D eigenvalue weighted by Crippen LogP contribution is 2.40. The third kappa shape index (κ3) is 4.36. The molecule has 176 valence electrons. The third-order valence-corrected chi connectivity index (χ3v) is 7.26. The van der Waals surface area contributed by atoms with Crippen molar-refractivity contribution < 1.29 is 14.1 Å². The summed E-state index contributed by atoms with van der Waals surface area (Å²) in [5.41, 5.74) is 2.52. The van der Waals surface area contributed by atoms with E-state index < -0.39 is 0 Å². The zero-order chi connectivity index (χ0) is 24.5. The number of hydrogen-bond donors (Lipinski definition) is 0. The van der Waals surface area contributed by atoms with E-state index in [9.17, 15) is 4.79 Å². The van der Waals surface area contributed by atoms with Crippen molar-refractivity contribution in [1.29, 1.82) is 0 Å². The smallest absolute Gasteiger partial charge is 0.266 e. The maximum absolute atomic E-state index is 14.1. The molecule has 0 aliphatic carbocycles. The number of aromatic nitrogens is 3. The van der Waals surface area contributed by atoms with E-state index in [0.717, 1.165) is 0 Å². The molecule has 0 N–H and O–H groups in total. The summed E-state index contributed by atoms with van der Waals surface area (Å²) in [4.78, 5) is 24.8. The number of carbonyl (C=O) groups is 1. The second-order valence-corrected chi connectivity index (χ2v) is 9.37. The van der Waals surface area contributed by atoms with E-state index in [-0.39, 0.29) is 12.5 Å². The molecule has 0 saturated carbocycles. The minimum absolute atomic E-state index is 0.173. The quantitative estimate of drug-likeness (QED) is 0.242. The number of pyridine rings is 1. The molecule has 0 fully saturated rings. The Balaban J connectivity index is 1.67. The molecule has 35 heavy (non-hydrogen) atoms. The second-order valence-electron chi connectivity index (χ2n) is 7.58.